The summed E-state index contributed by atoms with van der Waals surface area (Å²) in [6, 6.07) is 0. The first-order valence-corrected chi connectivity index (χ1v) is 13.0. The third kappa shape index (κ3) is 5.77. The van der Waals surface area contributed by atoms with Gasteiger partial charge in [0.05, 0.1) is 29.7 Å². The standard InChI is InChI=1S/C25H42O5S/c1-4-16-6-8-17(9-7-16)14-19(18(5-2)12-13-30-3)10-11-20-22(27)23(28)24(29)25(31-20)15-21(25)26/h6,12,17,19-24,26-29H,4-5,7-11,13-15H2,1-3H3/b18-12-/t17?,19?,20-,21-,22-,23?,24-,25?/m0/s1. The number of allylic oxidation sites excluding steroid dienone is 3. The summed E-state index contributed by atoms with van der Waals surface area (Å²) >= 11 is 1.49. The molecule has 1 aliphatic heterocycles. The fourth-order valence-corrected chi connectivity index (χ4v) is 7.33. The van der Waals surface area contributed by atoms with Crippen molar-refractivity contribution in [1.29, 1.82) is 0 Å². The molecule has 0 amide bonds. The van der Waals surface area contributed by atoms with E-state index in [1.165, 1.54) is 30.2 Å². The van der Waals surface area contributed by atoms with Crippen LogP contribution in [-0.2, 0) is 4.74 Å². The second-order valence-electron chi connectivity index (χ2n) is 9.71. The van der Waals surface area contributed by atoms with E-state index in [1.54, 1.807) is 12.7 Å². The summed E-state index contributed by atoms with van der Waals surface area (Å²) in [4.78, 5) is 0. The number of rotatable bonds is 10. The quantitative estimate of drug-likeness (QED) is 0.377. The maximum absolute atomic E-state index is 10.6. The third-order valence-electron chi connectivity index (χ3n) is 7.77. The van der Waals surface area contributed by atoms with E-state index in [0.29, 0.717) is 24.9 Å². The molecule has 8 atom stereocenters. The Labute approximate surface area is 192 Å². The van der Waals surface area contributed by atoms with Gasteiger partial charge in [0.2, 0.25) is 0 Å². The molecule has 0 radical (unpaired) electrons. The smallest absolute Gasteiger partial charge is 0.108 e. The molecule has 5 nitrogen and oxygen atoms in total. The predicted octanol–water partition coefficient (Wildman–Crippen LogP) is 3.59. The monoisotopic (exact) mass is 454 g/mol. The van der Waals surface area contributed by atoms with Gasteiger partial charge in [-0.1, -0.05) is 37.1 Å². The van der Waals surface area contributed by atoms with Crippen molar-refractivity contribution in [2.75, 3.05) is 13.7 Å². The minimum atomic E-state index is -1.19. The van der Waals surface area contributed by atoms with E-state index in [-0.39, 0.29) is 5.25 Å². The van der Waals surface area contributed by atoms with Crippen LogP contribution < -0.4 is 0 Å². The van der Waals surface area contributed by atoms with E-state index in [0.717, 1.165) is 38.5 Å². The summed E-state index contributed by atoms with van der Waals surface area (Å²) in [5.41, 5.74) is 3.00. The van der Waals surface area contributed by atoms with Gasteiger partial charge in [0.25, 0.3) is 0 Å². The maximum Gasteiger partial charge on any atom is 0.108 e. The van der Waals surface area contributed by atoms with Crippen molar-refractivity contribution in [3.05, 3.63) is 23.3 Å². The number of aliphatic hydroxyl groups excluding tert-OH is 4. The largest absolute Gasteiger partial charge is 0.392 e. The molecule has 2 fully saturated rings. The van der Waals surface area contributed by atoms with Crippen molar-refractivity contribution in [2.45, 2.75) is 106 Å². The zero-order valence-corrected chi connectivity index (χ0v) is 20.2. The van der Waals surface area contributed by atoms with Gasteiger partial charge >= 0.3 is 0 Å². The van der Waals surface area contributed by atoms with Crippen molar-refractivity contribution in [3.63, 3.8) is 0 Å². The van der Waals surface area contributed by atoms with Crippen LogP contribution in [0.15, 0.2) is 23.3 Å². The lowest BCUT2D eigenvalue weighted by molar-refractivity contribution is -0.0735. The molecule has 1 saturated carbocycles. The Kier molecular flexibility index (Phi) is 9.10. The van der Waals surface area contributed by atoms with Gasteiger partial charge in [-0.05, 0) is 69.6 Å². The molecular formula is C25H42O5S. The van der Waals surface area contributed by atoms with Crippen molar-refractivity contribution in [1.82, 2.24) is 0 Å². The van der Waals surface area contributed by atoms with Crippen LogP contribution in [0.3, 0.4) is 0 Å². The van der Waals surface area contributed by atoms with Gasteiger partial charge in [-0.2, -0.15) is 0 Å². The molecule has 0 bridgehead atoms. The van der Waals surface area contributed by atoms with Crippen molar-refractivity contribution < 1.29 is 25.2 Å². The molecule has 0 aromatic heterocycles. The van der Waals surface area contributed by atoms with E-state index in [2.05, 4.69) is 26.0 Å². The van der Waals surface area contributed by atoms with Crippen molar-refractivity contribution in [3.8, 4) is 0 Å². The molecule has 178 valence electrons. The van der Waals surface area contributed by atoms with Crippen LogP contribution in [0.1, 0.15) is 71.6 Å². The molecule has 3 aliphatic rings. The first-order chi connectivity index (χ1) is 14.9. The van der Waals surface area contributed by atoms with E-state index in [9.17, 15) is 20.4 Å². The zero-order valence-electron chi connectivity index (χ0n) is 19.4. The fourth-order valence-electron chi connectivity index (χ4n) is 5.52. The van der Waals surface area contributed by atoms with Crippen LogP contribution in [0.5, 0.6) is 0 Å². The van der Waals surface area contributed by atoms with E-state index in [4.69, 9.17) is 4.74 Å². The second-order valence-corrected chi connectivity index (χ2v) is 11.3. The molecule has 2 aliphatic carbocycles. The highest BCUT2D eigenvalue weighted by molar-refractivity contribution is 8.01. The number of hydrogen-bond acceptors (Lipinski definition) is 6. The van der Waals surface area contributed by atoms with Gasteiger partial charge in [0, 0.05) is 12.4 Å². The molecule has 6 heteroatoms. The van der Waals surface area contributed by atoms with E-state index < -0.39 is 29.2 Å². The van der Waals surface area contributed by atoms with Crippen LogP contribution >= 0.6 is 11.8 Å². The Morgan fingerprint density at radius 3 is 2.55 bits per heavy atom. The van der Waals surface area contributed by atoms with Crippen molar-refractivity contribution >= 4 is 11.8 Å². The molecule has 1 spiro atoms. The molecule has 0 aromatic carbocycles. The molecule has 1 saturated heterocycles. The summed E-state index contributed by atoms with van der Waals surface area (Å²) in [6.45, 7) is 5.05. The number of aliphatic hydroxyl groups is 4. The minimum absolute atomic E-state index is 0.170. The summed E-state index contributed by atoms with van der Waals surface area (Å²) in [5.74, 6) is 1.12. The molecule has 4 unspecified atom stereocenters. The summed E-state index contributed by atoms with van der Waals surface area (Å²) in [7, 11) is 1.72. The number of thioether (sulfide) groups is 1. The maximum atomic E-state index is 10.6. The third-order valence-corrected chi connectivity index (χ3v) is 9.71. The predicted molar refractivity (Wildman–Crippen MR) is 126 cm³/mol. The molecule has 4 N–H and O–H groups in total. The number of ether oxygens (including phenoxy) is 1. The van der Waals surface area contributed by atoms with Crippen LogP contribution in [0.4, 0.5) is 0 Å². The zero-order chi connectivity index (χ0) is 22.6. The number of methoxy groups -OCH3 is 1. The Morgan fingerprint density at radius 2 is 2.00 bits per heavy atom. The molecule has 0 aromatic rings. The summed E-state index contributed by atoms with van der Waals surface area (Å²) in [6.07, 6.45) is 9.94. The van der Waals surface area contributed by atoms with Gasteiger partial charge in [0.15, 0.2) is 0 Å². The van der Waals surface area contributed by atoms with Crippen LogP contribution in [-0.4, -0.2) is 68.6 Å². The highest BCUT2D eigenvalue weighted by Gasteiger charge is 2.66. The Bertz CT molecular complexity index is 650. The first kappa shape index (κ1) is 25.3. The van der Waals surface area contributed by atoms with E-state index >= 15 is 0 Å². The van der Waals surface area contributed by atoms with Gasteiger partial charge in [0.1, 0.15) is 6.10 Å². The van der Waals surface area contributed by atoms with Crippen LogP contribution in [0.2, 0.25) is 0 Å². The first-order valence-electron chi connectivity index (χ1n) is 12.1. The van der Waals surface area contributed by atoms with E-state index in [1.807, 2.05) is 0 Å². The highest BCUT2D eigenvalue weighted by Crippen LogP contribution is 2.58. The lowest BCUT2D eigenvalue weighted by Crippen LogP contribution is -2.55. The molecule has 31 heavy (non-hydrogen) atoms. The Hall–Kier alpha value is -0.370. The highest BCUT2D eigenvalue weighted by atomic mass is 32.2. The topological polar surface area (TPSA) is 90.2 Å². The average Bonchev–Trinajstić information content (AvgIpc) is 3.44. The normalized spacial score (nSPS) is 39.5. The average molecular weight is 455 g/mol. The van der Waals surface area contributed by atoms with Gasteiger partial charge < -0.3 is 25.2 Å². The van der Waals surface area contributed by atoms with Gasteiger partial charge in [-0.25, -0.2) is 0 Å². The fraction of sp³-hybridized carbons (Fsp3) is 0.840. The van der Waals surface area contributed by atoms with Crippen LogP contribution in [0, 0.1) is 11.8 Å². The van der Waals surface area contributed by atoms with Gasteiger partial charge in [-0.15, -0.1) is 11.8 Å². The lowest BCUT2D eigenvalue weighted by atomic mass is 9.78. The minimum Gasteiger partial charge on any atom is -0.392 e. The number of hydrogen-bond donors (Lipinski definition) is 4. The SMILES string of the molecule is CCC1=CCC(CC(CC[C@@H]2SC3(C[C@@H]3O)[C@@H](O)C(O)[C@H]2O)/C(=C\COC)CC)CC1. The van der Waals surface area contributed by atoms with Gasteiger partial charge in [-0.3, -0.25) is 0 Å². The Morgan fingerprint density at radius 1 is 1.26 bits per heavy atom. The summed E-state index contributed by atoms with van der Waals surface area (Å²) in [5, 5.41) is 41.3. The molecule has 3 rings (SSSR count). The second kappa shape index (κ2) is 11.2. The molecule has 1 heterocycles. The lowest BCUT2D eigenvalue weighted by Gasteiger charge is -2.41. The van der Waals surface area contributed by atoms with Crippen molar-refractivity contribution in [2.24, 2.45) is 11.8 Å². The Balaban J connectivity index is 1.67. The van der Waals surface area contributed by atoms with Crippen LogP contribution in [0.25, 0.3) is 0 Å². The summed E-state index contributed by atoms with van der Waals surface area (Å²) < 4.78 is 4.62. The molecular weight excluding hydrogens is 412 g/mol.